The van der Waals surface area contributed by atoms with Crippen molar-refractivity contribution in [3.8, 4) is 11.5 Å². The molecule has 0 radical (unpaired) electrons. The van der Waals surface area contributed by atoms with Gasteiger partial charge in [0.05, 0.1) is 0 Å². The van der Waals surface area contributed by atoms with Crippen molar-refractivity contribution >= 4 is 68.4 Å². The summed E-state index contributed by atoms with van der Waals surface area (Å²) in [7, 11) is 0. The van der Waals surface area contributed by atoms with E-state index in [-0.39, 0.29) is 11.5 Å². The molecule has 0 aliphatic carbocycles. The molecule has 0 N–H and O–H groups in total. The molecule has 2 unspecified atom stereocenters. The highest BCUT2D eigenvalue weighted by Gasteiger charge is 2.54. The van der Waals surface area contributed by atoms with Crippen molar-refractivity contribution in [2.45, 2.75) is 18.1 Å². The maximum atomic E-state index is 13.8. The summed E-state index contributed by atoms with van der Waals surface area (Å²) in [5, 5.41) is 0. The first-order valence-electron chi connectivity index (χ1n) is 6.94. The molecule has 0 fully saturated rings. The highest BCUT2D eigenvalue weighted by molar-refractivity contribution is 14.1. The number of rotatable bonds is 6. The Hall–Kier alpha value is -0.140. The highest BCUT2D eigenvalue weighted by Crippen LogP contribution is 2.50. The lowest BCUT2D eigenvalue weighted by Crippen LogP contribution is -2.30. The summed E-state index contributed by atoms with van der Waals surface area (Å²) in [5.74, 6) is -7.71. The third-order valence-electron chi connectivity index (χ3n) is 3.38. The van der Waals surface area contributed by atoms with Gasteiger partial charge in [0.1, 0.15) is 11.5 Å². The number of hydrogen-bond acceptors (Lipinski definition) is 1. The maximum Gasteiger partial charge on any atom is 0.329 e. The molecule has 0 saturated carbocycles. The molecule has 0 aliphatic rings. The molecule has 0 heterocycles. The van der Waals surface area contributed by atoms with Crippen LogP contribution in [0.2, 0.25) is 0 Å². The van der Waals surface area contributed by atoms with Gasteiger partial charge in [-0.25, -0.2) is 8.78 Å². The quantitative estimate of drug-likeness (QED) is 0.173. The SMILES string of the molecule is FC(Cl)(I)C(F)(F)c1ccc(Oc2ccc(C(F)(F)C(F)(Cl)I)cc2)cc1. The van der Waals surface area contributed by atoms with Crippen molar-refractivity contribution in [2.24, 2.45) is 0 Å². The van der Waals surface area contributed by atoms with Crippen LogP contribution in [-0.2, 0) is 11.8 Å². The van der Waals surface area contributed by atoms with Crippen LogP contribution in [0.4, 0.5) is 26.3 Å². The minimum absolute atomic E-state index is 0.0904. The lowest BCUT2D eigenvalue weighted by Gasteiger charge is -2.23. The van der Waals surface area contributed by atoms with E-state index in [2.05, 4.69) is 0 Å². The molecule has 148 valence electrons. The number of ether oxygens (including phenoxy) is 1. The Labute approximate surface area is 187 Å². The van der Waals surface area contributed by atoms with Crippen molar-refractivity contribution in [2.75, 3.05) is 0 Å². The van der Waals surface area contributed by atoms with E-state index >= 15 is 0 Å². The molecule has 0 bridgehead atoms. The molecule has 27 heavy (non-hydrogen) atoms. The van der Waals surface area contributed by atoms with Crippen LogP contribution in [0.1, 0.15) is 11.1 Å². The Morgan fingerprint density at radius 2 is 0.852 bits per heavy atom. The molecule has 2 aromatic carbocycles. The van der Waals surface area contributed by atoms with Crippen molar-refractivity contribution in [3.05, 3.63) is 59.7 Å². The topological polar surface area (TPSA) is 9.23 Å². The van der Waals surface area contributed by atoms with Gasteiger partial charge in [0.2, 0.25) is 0 Å². The molecule has 0 amide bonds. The van der Waals surface area contributed by atoms with Gasteiger partial charge >= 0.3 is 18.1 Å². The summed E-state index contributed by atoms with van der Waals surface area (Å²) < 4.78 is 80.7. The second kappa shape index (κ2) is 7.94. The van der Waals surface area contributed by atoms with Gasteiger partial charge in [0.25, 0.3) is 0 Å². The minimum Gasteiger partial charge on any atom is -0.457 e. The first-order valence-corrected chi connectivity index (χ1v) is 9.85. The summed E-state index contributed by atoms with van der Waals surface area (Å²) in [5.41, 5.74) is -1.33. The van der Waals surface area contributed by atoms with Gasteiger partial charge in [-0.2, -0.15) is 17.6 Å². The summed E-state index contributed by atoms with van der Waals surface area (Å²) in [4.78, 5) is 0. The molecule has 0 saturated heterocycles. The first-order chi connectivity index (χ1) is 12.2. The molecule has 11 heteroatoms. The molecule has 1 nitrogen and oxygen atoms in total. The van der Waals surface area contributed by atoms with E-state index in [1.165, 1.54) is 0 Å². The van der Waals surface area contributed by atoms with E-state index in [4.69, 9.17) is 27.9 Å². The van der Waals surface area contributed by atoms with E-state index < -0.39 is 29.2 Å². The Bertz CT molecular complexity index is 719. The van der Waals surface area contributed by atoms with Gasteiger partial charge in [-0.3, -0.25) is 0 Å². The largest absolute Gasteiger partial charge is 0.457 e. The summed E-state index contributed by atoms with van der Waals surface area (Å²) in [6.45, 7) is 0. The summed E-state index contributed by atoms with van der Waals surface area (Å²) in [6, 6.07) is 8.26. The van der Waals surface area contributed by atoms with E-state index in [0.717, 1.165) is 93.7 Å². The van der Waals surface area contributed by atoms with E-state index in [1.807, 2.05) is 0 Å². The smallest absolute Gasteiger partial charge is 0.329 e. The standard InChI is InChI=1S/C16H8Cl2F6I2O/c17-15(23,25)13(19,20)9-1-5-11(6-2-9)27-12-7-3-10(4-8-12)14(21,22)16(18,24)26/h1-8H. The van der Waals surface area contributed by atoms with Crippen LogP contribution in [0.5, 0.6) is 11.5 Å². The molecule has 0 aliphatic heterocycles. The number of hydrogen-bond donors (Lipinski definition) is 0. The summed E-state index contributed by atoms with van der Waals surface area (Å²) >= 11 is 11.7. The molecule has 0 spiro atoms. The first kappa shape index (κ1) is 23.1. The van der Waals surface area contributed by atoms with Gasteiger partial charge in [-0.15, -0.1) is 0 Å². The van der Waals surface area contributed by atoms with Crippen molar-refractivity contribution in [1.29, 1.82) is 0 Å². The summed E-state index contributed by atoms with van der Waals surface area (Å²) in [6.07, 6.45) is 0. The van der Waals surface area contributed by atoms with Crippen LogP contribution in [0.15, 0.2) is 48.5 Å². The molecule has 2 rings (SSSR count). The van der Waals surface area contributed by atoms with E-state index in [1.54, 1.807) is 0 Å². The Morgan fingerprint density at radius 3 is 1.07 bits per heavy atom. The average Bonchev–Trinajstić information content (AvgIpc) is 2.54. The van der Waals surface area contributed by atoms with Crippen LogP contribution in [0.3, 0.4) is 0 Å². The second-order valence-corrected chi connectivity index (χ2v) is 10.6. The maximum absolute atomic E-state index is 13.8. The minimum atomic E-state index is -3.94. The monoisotopic (exact) mass is 654 g/mol. The fourth-order valence-corrected chi connectivity index (χ4v) is 2.77. The molecule has 2 atom stereocenters. The Morgan fingerprint density at radius 1 is 0.593 bits per heavy atom. The highest BCUT2D eigenvalue weighted by atomic mass is 127. The van der Waals surface area contributed by atoms with Gasteiger partial charge < -0.3 is 4.74 Å². The van der Waals surface area contributed by atoms with E-state index in [0.29, 0.717) is 0 Å². The normalized spacial score (nSPS) is 17.1. The zero-order valence-electron chi connectivity index (χ0n) is 12.8. The van der Waals surface area contributed by atoms with Gasteiger partial charge in [-0.1, -0.05) is 23.2 Å². The van der Waals surface area contributed by atoms with Crippen LogP contribution in [0.25, 0.3) is 0 Å². The van der Waals surface area contributed by atoms with Crippen LogP contribution < -0.4 is 4.74 Å². The average molecular weight is 655 g/mol. The molecular formula is C16H8Cl2F6I2O. The lowest BCUT2D eigenvalue weighted by atomic mass is 10.1. The van der Waals surface area contributed by atoms with Gasteiger partial charge in [0.15, 0.2) is 0 Å². The van der Waals surface area contributed by atoms with Crippen LogP contribution in [-0.4, -0.2) is 6.27 Å². The lowest BCUT2D eigenvalue weighted by molar-refractivity contribution is -0.0540. The van der Waals surface area contributed by atoms with Crippen LogP contribution >= 0.6 is 68.4 Å². The molecular weight excluding hydrogens is 647 g/mol. The predicted molar refractivity (Wildman–Crippen MR) is 108 cm³/mol. The van der Waals surface area contributed by atoms with Gasteiger partial charge in [-0.05, 0) is 93.7 Å². The zero-order valence-corrected chi connectivity index (χ0v) is 18.6. The second-order valence-electron chi connectivity index (χ2n) is 5.30. The fraction of sp³-hybridized carbons (Fsp3) is 0.250. The molecule has 0 aromatic heterocycles. The van der Waals surface area contributed by atoms with Crippen LogP contribution in [0, 0.1) is 0 Å². The third kappa shape index (κ3) is 5.08. The third-order valence-corrected chi connectivity index (χ3v) is 5.21. The van der Waals surface area contributed by atoms with Crippen molar-refractivity contribution in [1.82, 2.24) is 0 Å². The number of halogens is 10. The predicted octanol–water partition coefficient (Wildman–Crippen LogP) is 8.26. The number of alkyl halides is 10. The Balaban J connectivity index is 2.17. The zero-order chi connectivity index (χ0) is 20.7. The van der Waals surface area contributed by atoms with Crippen molar-refractivity contribution < 1.29 is 31.1 Å². The van der Waals surface area contributed by atoms with E-state index in [9.17, 15) is 26.3 Å². The fourth-order valence-electron chi connectivity index (χ4n) is 1.93. The molecule has 2 aromatic rings. The van der Waals surface area contributed by atoms with Crippen molar-refractivity contribution in [3.63, 3.8) is 0 Å². The number of benzene rings is 2. The van der Waals surface area contributed by atoms with Gasteiger partial charge in [0, 0.05) is 11.1 Å². The Kier molecular flexibility index (Phi) is 6.81.